The molecule has 0 fully saturated rings. The van der Waals surface area contributed by atoms with Crippen LogP contribution in [0.15, 0.2) is 23.3 Å². The van der Waals surface area contributed by atoms with Crippen molar-refractivity contribution in [3.05, 3.63) is 23.9 Å². The van der Waals surface area contributed by atoms with Crippen LogP contribution in [0.5, 0.6) is 5.88 Å². The number of aliphatic imine (C=N–C) groups is 1. The molecule has 0 aromatic carbocycles. The molecular formula is C16H29IN4O. The molecule has 1 rings (SSSR count). The van der Waals surface area contributed by atoms with Crippen LogP contribution in [0.3, 0.4) is 0 Å². The van der Waals surface area contributed by atoms with Gasteiger partial charge in [0.25, 0.3) is 0 Å². The summed E-state index contributed by atoms with van der Waals surface area (Å²) in [5.74, 6) is 1.53. The average molecular weight is 420 g/mol. The number of nitrogens with zero attached hydrogens (tertiary/aromatic N) is 2. The largest absolute Gasteiger partial charge is 0.477 e. The normalized spacial score (nSPS) is 10.8. The molecule has 6 heteroatoms. The molecule has 0 unspecified atom stereocenters. The molecule has 0 aliphatic carbocycles. The second-order valence-electron chi connectivity index (χ2n) is 4.79. The summed E-state index contributed by atoms with van der Waals surface area (Å²) < 4.78 is 5.73. The molecule has 2 N–H and O–H groups in total. The third-order valence-electron chi connectivity index (χ3n) is 2.88. The Labute approximate surface area is 151 Å². The standard InChI is InChI=1S/C16H28N4O.HI/c1-4-7-12-21-15-14(9-8-11-18-15)13-20-16(17-6-3)19-10-5-2;/h8-9,11H,4-7,10,12-13H2,1-3H3,(H2,17,19,20);1H. The number of hydrogen-bond donors (Lipinski definition) is 2. The molecule has 22 heavy (non-hydrogen) atoms. The number of rotatable bonds is 9. The SMILES string of the molecule is CCCCOc1ncccc1CN=C(NCC)NCCC.I. The minimum atomic E-state index is 0. The molecule has 0 saturated carbocycles. The van der Waals surface area contributed by atoms with Crippen LogP contribution < -0.4 is 15.4 Å². The molecule has 0 radical (unpaired) electrons. The van der Waals surface area contributed by atoms with Gasteiger partial charge in [-0.3, -0.25) is 0 Å². The van der Waals surface area contributed by atoms with Gasteiger partial charge in [0.15, 0.2) is 5.96 Å². The predicted molar refractivity (Wildman–Crippen MR) is 103 cm³/mol. The quantitative estimate of drug-likeness (QED) is 0.279. The molecule has 126 valence electrons. The predicted octanol–water partition coefficient (Wildman–Crippen LogP) is 3.34. The summed E-state index contributed by atoms with van der Waals surface area (Å²) in [6.45, 7) is 9.38. The van der Waals surface area contributed by atoms with Gasteiger partial charge in [-0.1, -0.05) is 26.3 Å². The van der Waals surface area contributed by atoms with Gasteiger partial charge in [-0.2, -0.15) is 0 Å². The Hall–Kier alpha value is -1.05. The zero-order chi connectivity index (χ0) is 15.3. The summed E-state index contributed by atoms with van der Waals surface area (Å²) in [7, 11) is 0. The summed E-state index contributed by atoms with van der Waals surface area (Å²) in [6.07, 6.45) is 4.99. The van der Waals surface area contributed by atoms with Crippen LogP contribution in [0.2, 0.25) is 0 Å². The number of unbranched alkanes of at least 4 members (excludes halogenated alkanes) is 1. The smallest absolute Gasteiger partial charge is 0.218 e. The lowest BCUT2D eigenvalue weighted by Gasteiger charge is -2.11. The first-order chi connectivity index (χ1) is 10.3. The van der Waals surface area contributed by atoms with Crippen LogP contribution in [0.1, 0.15) is 45.6 Å². The van der Waals surface area contributed by atoms with Gasteiger partial charge < -0.3 is 15.4 Å². The van der Waals surface area contributed by atoms with E-state index in [2.05, 4.69) is 41.4 Å². The van der Waals surface area contributed by atoms with Crippen molar-refractivity contribution in [1.29, 1.82) is 0 Å². The molecule has 1 aromatic heterocycles. The third kappa shape index (κ3) is 8.41. The highest BCUT2D eigenvalue weighted by Gasteiger charge is 2.04. The fraction of sp³-hybridized carbons (Fsp3) is 0.625. The van der Waals surface area contributed by atoms with E-state index in [9.17, 15) is 0 Å². The van der Waals surface area contributed by atoms with Gasteiger partial charge in [-0.25, -0.2) is 9.98 Å². The van der Waals surface area contributed by atoms with Gasteiger partial charge in [0.1, 0.15) is 0 Å². The molecular weight excluding hydrogens is 391 g/mol. The topological polar surface area (TPSA) is 58.5 Å². The van der Waals surface area contributed by atoms with E-state index in [4.69, 9.17) is 4.74 Å². The highest BCUT2D eigenvalue weighted by Crippen LogP contribution is 2.15. The zero-order valence-corrected chi connectivity index (χ0v) is 16.2. The highest BCUT2D eigenvalue weighted by atomic mass is 127. The van der Waals surface area contributed by atoms with E-state index in [1.165, 1.54) is 0 Å². The number of guanidine groups is 1. The number of nitrogens with one attached hydrogen (secondary N) is 2. The van der Waals surface area contributed by atoms with Gasteiger partial charge in [0.2, 0.25) is 5.88 Å². The minimum Gasteiger partial charge on any atom is -0.477 e. The summed E-state index contributed by atoms with van der Waals surface area (Å²) in [5, 5.41) is 6.53. The summed E-state index contributed by atoms with van der Waals surface area (Å²) in [4.78, 5) is 8.89. The van der Waals surface area contributed by atoms with Crippen molar-refractivity contribution in [2.45, 2.75) is 46.6 Å². The molecule has 1 aromatic rings. The molecule has 0 saturated heterocycles. The maximum absolute atomic E-state index is 5.73. The Kier molecular flexibility index (Phi) is 13.0. The van der Waals surface area contributed by atoms with Gasteiger partial charge in [0.05, 0.1) is 13.2 Å². The van der Waals surface area contributed by atoms with Gasteiger partial charge in [0, 0.05) is 24.8 Å². The van der Waals surface area contributed by atoms with Crippen molar-refractivity contribution in [2.75, 3.05) is 19.7 Å². The van der Waals surface area contributed by atoms with E-state index in [0.717, 1.165) is 43.9 Å². The van der Waals surface area contributed by atoms with Gasteiger partial charge in [-0.05, 0) is 25.8 Å². The number of hydrogen-bond acceptors (Lipinski definition) is 3. The number of ether oxygens (including phenoxy) is 1. The minimum absolute atomic E-state index is 0. The number of aromatic nitrogens is 1. The zero-order valence-electron chi connectivity index (χ0n) is 13.9. The van der Waals surface area contributed by atoms with Crippen LogP contribution in [0.25, 0.3) is 0 Å². The summed E-state index contributed by atoms with van der Waals surface area (Å²) >= 11 is 0. The van der Waals surface area contributed by atoms with Crippen molar-refractivity contribution >= 4 is 29.9 Å². The van der Waals surface area contributed by atoms with Crippen LogP contribution in [0.4, 0.5) is 0 Å². The number of halogens is 1. The third-order valence-corrected chi connectivity index (χ3v) is 2.88. The molecule has 0 spiro atoms. The summed E-state index contributed by atoms with van der Waals surface area (Å²) in [5.41, 5.74) is 1.02. The summed E-state index contributed by atoms with van der Waals surface area (Å²) in [6, 6.07) is 3.94. The lowest BCUT2D eigenvalue weighted by molar-refractivity contribution is 0.294. The first-order valence-electron chi connectivity index (χ1n) is 7.90. The van der Waals surface area contributed by atoms with Crippen LogP contribution in [-0.4, -0.2) is 30.6 Å². The van der Waals surface area contributed by atoms with E-state index in [0.29, 0.717) is 19.0 Å². The Balaban J connectivity index is 0.00000441. The average Bonchev–Trinajstić information content (AvgIpc) is 2.51. The van der Waals surface area contributed by atoms with Crippen LogP contribution >= 0.6 is 24.0 Å². The Morgan fingerprint density at radius 3 is 2.73 bits per heavy atom. The molecule has 0 atom stereocenters. The van der Waals surface area contributed by atoms with E-state index in [1.54, 1.807) is 6.20 Å². The molecule has 1 heterocycles. The molecule has 0 aliphatic heterocycles. The fourth-order valence-electron chi connectivity index (χ4n) is 1.74. The van der Waals surface area contributed by atoms with Crippen molar-refractivity contribution < 1.29 is 4.74 Å². The Morgan fingerprint density at radius 1 is 1.23 bits per heavy atom. The molecule has 5 nitrogen and oxygen atoms in total. The van der Waals surface area contributed by atoms with Gasteiger partial charge >= 0.3 is 0 Å². The second kappa shape index (κ2) is 13.6. The maximum Gasteiger partial charge on any atom is 0.218 e. The van der Waals surface area contributed by atoms with Crippen molar-refractivity contribution in [3.63, 3.8) is 0 Å². The van der Waals surface area contributed by atoms with Crippen LogP contribution in [-0.2, 0) is 6.54 Å². The fourth-order valence-corrected chi connectivity index (χ4v) is 1.74. The first-order valence-corrected chi connectivity index (χ1v) is 7.90. The second-order valence-corrected chi connectivity index (χ2v) is 4.79. The molecule has 0 aliphatic rings. The van der Waals surface area contributed by atoms with E-state index < -0.39 is 0 Å². The maximum atomic E-state index is 5.73. The van der Waals surface area contributed by atoms with Gasteiger partial charge in [-0.15, -0.1) is 24.0 Å². The lowest BCUT2D eigenvalue weighted by Crippen LogP contribution is -2.37. The monoisotopic (exact) mass is 420 g/mol. The lowest BCUT2D eigenvalue weighted by atomic mass is 10.2. The first kappa shape index (κ1) is 20.9. The molecule has 0 amide bonds. The highest BCUT2D eigenvalue weighted by molar-refractivity contribution is 14.0. The van der Waals surface area contributed by atoms with Crippen molar-refractivity contribution in [1.82, 2.24) is 15.6 Å². The van der Waals surface area contributed by atoms with Crippen molar-refractivity contribution in [3.8, 4) is 5.88 Å². The van der Waals surface area contributed by atoms with E-state index in [1.807, 2.05) is 12.1 Å². The van der Waals surface area contributed by atoms with E-state index >= 15 is 0 Å². The van der Waals surface area contributed by atoms with Crippen LogP contribution in [0, 0.1) is 0 Å². The number of pyridine rings is 1. The Morgan fingerprint density at radius 2 is 2.05 bits per heavy atom. The Bertz CT molecular complexity index is 426. The molecule has 0 bridgehead atoms. The van der Waals surface area contributed by atoms with Crippen molar-refractivity contribution in [2.24, 2.45) is 4.99 Å². The van der Waals surface area contributed by atoms with E-state index in [-0.39, 0.29) is 24.0 Å².